The van der Waals surface area contributed by atoms with E-state index in [9.17, 15) is 23.5 Å². The Morgan fingerprint density at radius 2 is 2.08 bits per heavy atom. The lowest BCUT2D eigenvalue weighted by atomic mass is 9.86. The van der Waals surface area contributed by atoms with Crippen molar-refractivity contribution in [2.45, 2.75) is 26.2 Å². The average molecular weight is 400 g/mol. The molecule has 2 N–H and O–H groups in total. The maximum atomic E-state index is 12.9. The molecule has 1 aliphatic heterocycles. The van der Waals surface area contributed by atoms with Crippen molar-refractivity contribution in [3.05, 3.63) is 55.1 Å². The number of carboxylic acid groups (broad SMARTS) is 1. The number of Topliss-reactive ketones (excluding diaryl/α,β-unsaturated/α-hetero) is 1. The van der Waals surface area contributed by atoms with Crippen molar-refractivity contribution in [3.63, 3.8) is 0 Å². The van der Waals surface area contributed by atoms with Gasteiger partial charge in [0.25, 0.3) is 6.43 Å². The molecule has 1 aromatic heterocycles. The van der Waals surface area contributed by atoms with E-state index >= 15 is 0 Å². The van der Waals surface area contributed by atoms with Crippen LogP contribution in [0.4, 0.5) is 8.78 Å². The van der Waals surface area contributed by atoms with E-state index in [-0.39, 0.29) is 38.8 Å². The molecule has 9 heteroatoms. The molecule has 26 heavy (non-hydrogen) atoms. The van der Waals surface area contributed by atoms with Gasteiger partial charge in [-0.25, -0.2) is 8.78 Å². The summed E-state index contributed by atoms with van der Waals surface area (Å²) >= 11 is 6.64. The van der Waals surface area contributed by atoms with Crippen LogP contribution < -0.4 is 0 Å². The first-order chi connectivity index (χ1) is 12.2. The molecule has 0 saturated carbocycles. The van der Waals surface area contributed by atoms with Crippen molar-refractivity contribution in [1.29, 1.82) is 0 Å². The largest absolute Gasteiger partial charge is 0.506 e. The highest BCUT2D eigenvalue weighted by atomic mass is 35.5. The van der Waals surface area contributed by atoms with Crippen molar-refractivity contribution in [2.24, 2.45) is 4.99 Å². The van der Waals surface area contributed by atoms with E-state index in [4.69, 9.17) is 16.7 Å². The van der Waals surface area contributed by atoms with Crippen LogP contribution in [-0.4, -0.2) is 27.7 Å². The number of fused-ring (bicyclic) bond motifs is 1. The van der Waals surface area contributed by atoms with E-state index < -0.39 is 23.9 Å². The normalized spacial score (nSPS) is 17.2. The summed E-state index contributed by atoms with van der Waals surface area (Å²) in [5, 5.41) is 19.5. The second kappa shape index (κ2) is 6.77. The number of carboxylic acids is 1. The highest BCUT2D eigenvalue weighted by molar-refractivity contribution is 7.14. The predicted octanol–water partition coefficient (Wildman–Crippen LogP) is 4.78. The van der Waals surface area contributed by atoms with Crippen LogP contribution in [0, 0.1) is 0 Å². The summed E-state index contributed by atoms with van der Waals surface area (Å²) in [6.45, 7) is 1.60. The Labute approximate surface area is 155 Å². The number of rotatable bonds is 5. The zero-order valence-corrected chi connectivity index (χ0v) is 14.9. The van der Waals surface area contributed by atoms with Crippen molar-refractivity contribution in [3.8, 4) is 0 Å². The molecule has 3 rings (SSSR count). The smallest absolute Gasteiger partial charge is 0.307 e. The Kier molecular flexibility index (Phi) is 4.81. The molecule has 2 aliphatic rings. The van der Waals surface area contributed by atoms with Crippen LogP contribution in [0.2, 0.25) is 0 Å². The van der Waals surface area contributed by atoms with Gasteiger partial charge in [-0.3, -0.25) is 14.6 Å². The summed E-state index contributed by atoms with van der Waals surface area (Å²) in [6, 6.07) is 2.39. The number of thiophene rings is 1. The quantitative estimate of drug-likeness (QED) is 0.697. The van der Waals surface area contributed by atoms with Gasteiger partial charge in [-0.05, 0) is 24.6 Å². The standard InChI is InChI=1S/C17H12ClF2NO4S/c1-6-7(4-12(22)23)13-9(21-6)5-8(18)15(24)14(13)16(25)10-2-3-11(26-10)17(19)20/h2-3,17,24H,4-5H2,1H3,(H,22,23). The Balaban J connectivity index is 2.16. The molecule has 1 aromatic rings. The molecular weight excluding hydrogens is 388 g/mol. The van der Waals surface area contributed by atoms with Gasteiger partial charge in [-0.1, -0.05) is 11.6 Å². The van der Waals surface area contributed by atoms with Gasteiger partial charge in [0.2, 0.25) is 5.78 Å². The number of carbonyl (C=O) groups excluding carboxylic acids is 1. The highest BCUT2D eigenvalue weighted by Crippen LogP contribution is 2.41. The summed E-state index contributed by atoms with van der Waals surface area (Å²) in [7, 11) is 0. The van der Waals surface area contributed by atoms with Crippen LogP contribution in [0.15, 0.2) is 50.3 Å². The number of alkyl halides is 2. The van der Waals surface area contributed by atoms with Gasteiger partial charge < -0.3 is 10.2 Å². The number of hydrogen-bond donors (Lipinski definition) is 2. The number of aliphatic hydroxyl groups excluding tert-OH is 1. The minimum atomic E-state index is -2.72. The SMILES string of the molecule is CC1=C(CC(=O)O)C2=C(C(=O)c3ccc(C(F)F)s3)C(O)=C(Cl)CC2=N1. The third kappa shape index (κ3) is 3.10. The maximum Gasteiger partial charge on any atom is 0.307 e. The number of allylic oxidation sites excluding steroid dienone is 4. The fourth-order valence-corrected chi connectivity index (χ4v) is 3.92. The van der Waals surface area contributed by atoms with E-state index in [1.54, 1.807) is 6.92 Å². The zero-order valence-electron chi connectivity index (χ0n) is 13.3. The number of ketones is 1. The van der Waals surface area contributed by atoms with Crippen LogP contribution in [0.25, 0.3) is 0 Å². The topological polar surface area (TPSA) is 87.0 Å². The molecule has 136 valence electrons. The van der Waals surface area contributed by atoms with Crippen molar-refractivity contribution in [1.82, 2.24) is 0 Å². The molecule has 0 fully saturated rings. The first kappa shape index (κ1) is 18.5. The van der Waals surface area contributed by atoms with Crippen LogP contribution in [0.1, 0.15) is 40.7 Å². The van der Waals surface area contributed by atoms with E-state index in [2.05, 4.69) is 4.99 Å². The minimum Gasteiger partial charge on any atom is -0.506 e. The van der Waals surface area contributed by atoms with Gasteiger partial charge in [-0.2, -0.15) is 0 Å². The Hall–Kier alpha value is -2.32. The number of nitrogens with zero attached hydrogens (tertiary/aromatic N) is 1. The lowest BCUT2D eigenvalue weighted by Crippen LogP contribution is -2.19. The molecule has 0 unspecified atom stereocenters. The molecule has 0 amide bonds. The Morgan fingerprint density at radius 3 is 2.65 bits per heavy atom. The first-order valence-corrected chi connectivity index (χ1v) is 8.64. The average Bonchev–Trinajstić information content (AvgIpc) is 3.14. The molecule has 2 heterocycles. The molecule has 0 aromatic carbocycles. The van der Waals surface area contributed by atoms with Gasteiger partial charge >= 0.3 is 5.97 Å². The van der Waals surface area contributed by atoms with Gasteiger partial charge in [0.1, 0.15) is 5.76 Å². The van der Waals surface area contributed by atoms with Gasteiger partial charge in [0.05, 0.1) is 32.5 Å². The maximum absolute atomic E-state index is 12.9. The third-order valence-electron chi connectivity index (χ3n) is 4.02. The molecular formula is C17H12ClF2NO4S. The Bertz CT molecular complexity index is 956. The second-order valence-electron chi connectivity index (χ2n) is 5.71. The van der Waals surface area contributed by atoms with Crippen molar-refractivity contribution >= 4 is 40.4 Å². The van der Waals surface area contributed by atoms with Crippen LogP contribution in [0.3, 0.4) is 0 Å². The summed E-state index contributed by atoms with van der Waals surface area (Å²) < 4.78 is 25.6. The van der Waals surface area contributed by atoms with Gasteiger partial charge in [0.15, 0.2) is 0 Å². The van der Waals surface area contributed by atoms with E-state index in [1.807, 2.05) is 0 Å². The number of hydrogen-bond acceptors (Lipinski definition) is 5. The molecule has 1 aliphatic carbocycles. The minimum absolute atomic E-state index is 0.000653. The highest BCUT2D eigenvalue weighted by Gasteiger charge is 2.36. The van der Waals surface area contributed by atoms with Crippen LogP contribution >= 0.6 is 22.9 Å². The third-order valence-corrected chi connectivity index (χ3v) is 5.42. The van der Waals surface area contributed by atoms with E-state index in [1.165, 1.54) is 6.07 Å². The van der Waals surface area contributed by atoms with E-state index in [0.29, 0.717) is 28.3 Å². The van der Waals surface area contributed by atoms with Crippen molar-refractivity contribution in [2.75, 3.05) is 0 Å². The lowest BCUT2D eigenvalue weighted by Gasteiger charge is -2.19. The number of aliphatic hydroxyl groups is 1. The monoisotopic (exact) mass is 399 g/mol. The number of carbonyl (C=O) groups is 2. The summed E-state index contributed by atoms with van der Waals surface area (Å²) in [4.78, 5) is 28.1. The fourth-order valence-electron chi connectivity index (χ4n) is 2.89. The summed E-state index contributed by atoms with van der Waals surface area (Å²) in [5.41, 5.74) is 1.13. The fraction of sp³-hybridized carbons (Fsp3) is 0.235. The number of aliphatic imine (C=N–C) groups is 1. The summed E-state index contributed by atoms with van der Waals surface area (Å²) in [5.74, 6) is -2.29. The van der Waals surface area contributed by atoms with Crippen LogP contribution in [-0.2, 0) is 4.79 Å². The first-order valence-electron chi connectivity index (χ1n) is 7.45. The molecule has 0 radical (unpaired) electrons. The van der Waals surface area contributed by atoms with Gasteiger partial charge in [0, 0.05) is 17.7 Å². The molecule has 0 saturated heterocycles. The van der Waals surface area contributed by atoms with Crippen molar-refractivity contribution < 1.29 is 28.6 Å². The number of aliphatic carboxylic acids is 1. The molecule has 0 bridgehead atoms. The predicted molar refractivity (Wildman–Crippen MR) is 93.1 cm³/mol. The van der Waals surface area contributed by atoms with Crippen LogP contribution in [0.5, 0.6) is 0 Å². The zero-order chi connectivity index (χ0) is 19.2. The molecule has 5 nitrogen and oxygen atoms in total. The van der Waals surface area contributed by atoms with Gasteiger partial charge in [-0.15, -0.1) is 11.3 Å². The Morgan fingerprint density at radius 1 is 1.38 bits per heavy atom. The summed E-state index contributed by atoms with van der Waals surface area (Å²) in [6.07, 6.45) is -3.04. The molecule has 0 atom stereocenters. The second-order valence-corrected chi connectivity index (χ2v) is 7.28. The van der Waals surface area contributed by atoms with E-state index in [0.717, 1.165) is 6.07 Å². The molecule has 0 spiro atoms. The number of halogens is 3. The lowest BCUT2D eigenvalue weighted by molar-refractivity contribution is -0.136.